The number of hydrogen-bond acceptors (Lipinski definition) is 2. The molecule has 1 saturated carbocycles. The third-order valence-electron chi connectivity index (χ3n) is 8.29. The van der Waals surface area contributed by atoms with Crippen LogP contribution < -0.4 is 10.2 Å². The Morgan fingerprint density at radius 3 is 2.44 bits per heavy atom. The molecule has 2 aliphatic carbocycles. The Morgan fingerprint density at radius 1 is 1.13 bits per heavy atom. The number of rotatable bonds is 11. The number of anilines is 2. The van der Waals surface area contributed by atoms with Crippen LogP contribution in [0.5, 0.6) is 0 Å². The monoisotopic (exact) mass is 530 g/mol. The average molecular weight is 531 g/mol. The lowest BCUT2D eigenvalue weighted by atomic mass is 9.58. The van der Waals surface area contributed by atoms with Crippen molar-refractivity contribution in [2.45, 2.75) is 91.5 Å². The van der Waals surface area contributed by atoms with Crippen molar-refractivity contribution in [3.63, 3.8) is 0 Å². The molecular formula is C35H44F2N2. The van der Waals surface area contributed by atoms with Gasteiger partial charge in [0.15, 0.2) is 0 Å². The molecule has 0 heterocycles. The lowest BCUT2D eigenvalue weighted by molar-refractivity contribution is 0.0226. The third-order valence-corrected chi connectivity index (χ3v) is 8.29. The minimum Gasteiger partial charge on any atom is -0.342 e. The molecule has 0 aromatic heterocycles. The van der Waals surface area contributed by atoms with Crippen LogP contribution in [0, 0.1) is 36.0 Å². The summed E-state index contributed by atoms with van der Waals surface area (Å²) in [6.45, 7) is 14.4. The summed E-state index contributed by atoms with van der Waals surface area (Å²) in [5, 5.41) is 3.51. The van der Waals surface area contributed by atoms with E-state index in [1.54, 1.807) is 12.1 Å². The fourth-order valence-electron chi connectivity index (χ4n) is 6.36. The van der Waals surface area contributed by atoms with E-state index in [0.29, 0.717) is 17.4 Å². The van der Waals surface area contributed by atoms with Gasteiger partial charge >= 0.3 is 0 Å². The third kappa shape index (κ3) is 7.13. The summed E-state index contributed by atoms with van der Waals surface area (Å²) in [7, 11) is 0. The van der Waals surface area contributed by atoms with Crippen LogP contribution >= 0.6 is 0 Å². The number of halogens is 2. The summed E-state index contributed by atoms with van der Waals surface area (Å²) in [6, 6.07) is 14.3. The molecule has 0 amide bonds. The average Bonchev–Trinajstić information content (AvgIpc) is 2.87. The highest BCUT2D eigenvalue weighted by atomic mass is 19.3. The number of alkyl halides is 2. The van der Waals surface area contributed by atoms with Gasteiger partial charge in [0.1, 0.15) is 5.82 Å². The van der Waals surface area contributed by atoms with E-state index >= 15 is 0 Å². The van der Waals surface area contributed by atoms with E-state index in [1.165, 1.54) is 11.1 Å². The maximum atomic E-state index is 13.5. The van der Waals surface area contributed by atoms with Gasteiger partial charge in [-0.1, -0.05) is 68.7 Å². The molecule has 4 rings (SSSR count). The molecule has 2 nitrogen and oxygen atoms in total. The van der Waals surface area contributed by atoms with Crippen LogP contribution in [-0.2, 0) is 12.8 Å². The second-order valence-corrected chi connectivity index (χ2v) is 12.0. The molecule has 39 heavy (non-hydrogen) atoms. The second-order valence-electron chi connectivity index (χ2n) is 12.0. The quantitative estimate of drug-likeness (QED) is 0.230. The van der Waals surface area contributed by atoms with Crippen LogP contribution in [0.15, 0.2) is 67.0 Å². The first-order valence-electron chi connectivity index (χ1n) is 14.5. The summed E-state index contributed by atoms with van der Waals surface area (Å²) in [5.74, 6) is 5.98. The number of aryl methyl sites for hydroxylation is 2. The number of hydrogen-bond donors (Lipinski definition) is 1. The molecule has 0 saturated heterocycles. The molecule has 0 bridgehead atoms. The Balaban J connectivity index is 1.60. The van der Waals surface area contributed by atoms with Crippen LogP contribution in [0.3, 0.4) is 0 Å². The van der Waals surface area contributed by atoms with Gasteiger partial charge in [0, 0.05) is 35.2 Å². The van der Waals surface area contributed by atoms with E-state index in [9.17, 15) is 8.78 Å². The molecule has 1 spiro atoms. The van der Waals surface area contributed by atoms with Crippen molar-refractivity contribution < 1.29 is 8.78 Å². The zero-order valence-electron chi connectivity index (χ0n) is 24.3. The molecule has 4 heteroatoms. The number of nitrogens with one attached hydrogen (secondary N) is 1. The molecule has 1 N–H and O–H groups in total. The zero-order valence-corrected chi connectivity index (χ0v) is 24.3. The van der Waals surface area contributed by atoms with E-state index in [4.69, 9.17) is 0 Å². The van der Waals surface area contributed by atoms with E-state index in [1.807, 2.05) is 12.1 Å². The Hall–Kier alpha value is -3.06. The maximum absolute atomic E-state index is 13.5. The van der Waals surface area contributed by atoms with Crippen LogP contribution in [0.2, 0.25) is 0 Å². The fourth-order valence-corrected chi connectivity index (χ4v) is 6.36. The molecule has 0 aliphatic heterocycles. The maximum Gasteiger partial charge on any atom is 0.249 e. The Kier molecular flexibility index (Phi) is 8.90. The van der Waals surface area contributed by atoms with Crippen molar-refractivity contribution in [3.05, 3.63) is 83.7 Å². The highest BCUT2D eigenvalue weighted by Gasteiger charge is 2.47. The molecule has 0 radical (unpaired) electrons. The lowest BCUT2D eigenvalue weighted by Gasteiger charge is -2.50. The van der Waals surface area contributed by atoms with Crippen molar-refractivity contribution in [3.8, 4) is 11.8 Å². The summed E-state index contributed by atoms with van der Waals surface area (Å²) in [5.41, 5.74) is 5.28. The van der Waals surface area contributed by atoms with E-state index in [0.717, 1.165) is 62.6 Å². The van der Waals surface area contributed by atoms with Crippen molar-refractivity contribution in [1.82, 2.24) is 0 Å². The first-order chi connectivity index (χ1) is 18.5. The summed E-state index contributed by atoms with van der Waals surface area (Å²) >= 11 is 0. The SMILES string of the molecule is C=C(Nc1ccc(CC(C)(F)F)cc1)N(c1ccc(CC/C=C\CC)cc1C)C1CC(C)CC2(C#CC2C)C1. The topological polar surface area (TPSA) is 15.3 Å². The van der Waals surface area contributed by atoms with E-state index in [2.05, 4.69) is 86.7 Å². The van der Waals surface area contributed by atoms with Crippen molar-refractivity contribution in [2.75, 3.05) is 10.2 Å². The van der Waals surface area contributed by atoms with Crippen molar-refractivity contribution in [1.29, 1.82) is 0 Å². The molecule has 4 atom stereocenters. The van der Waals surface area contributed by atoms with E-state index < -0.39 is 5.92 Å². The molecule has 1 fully saturated rings. The molecule has 2 aliphatic rings. The van der Waals surface area contributed by atoms with E-state index in [-0.39, 0.29) is 17.9 Å². The van der Waals surface area contributed by atoms with Crippen LogP contribution in [-0.4, -0.2) is 12.0 Å². The van der Waals surface area contributed by atoms with Crippen molar-refractivity contribution in [2.24, 2.45) is 17.3 Å². The van der Waals surface area contributed by atoms with Gasteiger partial charge in [-0.3, -0.25) is 0 Å². The van der Waals surface area contributed by atoms with Gasteiger partial charge in [0.05, 0.1) is 0 Å². The highest BCUT2D eigenvalue weighted by Crippen LogP contribution is 2.50. The number of nitrogens with zero attached hydrogens (tertiary/aromatic N) is 1. The lowest BCUT2D eigenvalue weighted by Crippen LogP contribution is -2.49. The summed E-state index contributed by atoms with van der Waals surface area (Å²) in [4.78, 5) is 2.38. The van der Waals surface area contributed by atoms with Crippen LogP contribution in [0.25, 0.3) is 0 Å². The van der Waals surface area contributed by atoms with Crippen LogP contribution in [0.4, 0.5) is 20.2 Å². The first-order valence-corrected chi connectivity index (χ1v) is 14.5. The Morgan fingerprint density at radius 2 is 1.85 bits per heavy atom. The molecule has 208 valence electrons. The Bertz CT molecular complexity index is 1240. The van der Waals surface area contributed by atoms with Gasteiger partial charge in [0.2, 0.25) is 5.92 Å². The smallest absolute Gasteiger partial charge is 0.249 e. The molecular weight excluding hydrogens is 486 g/mol. The predicted molar refractivity (Wildman–Crippen MR) is 161 cm³/mol. The standard InChI is InChI=1S/C35H44F2N2/c1-7-8-9-10-11-29-14-17-33(26(3)21-29)39(32-20-25(2)22-35(24-32)19-18-27(35)4)28(5)38-31-15-12-30(13-16-31)23-34(6,36)37/h8-9,12-17,21,25,27,32,38H,5,7,10-11,20,22-24H2,1-4,6H3/b9-8-. The van der Waals surface area contributed by atoms with Gasteiger partial charge in [-0.15, -0.1) is 0 Å². The van der Waals surface area contributed by atoms with Gasteiger partial charge in [-0.25, -0.2) is 8.78 Å². The van der Waals surface area contributed by atoms with Crippen molar-refractivity contribution >= 4 is 11.4 Å². The van der Waals surface area contributed by atoms with Gasteiger partial charge < -0.3 is 10.2 Å². The molecule has 4 unspecified atom stereocenters. The summed E-state index contributed by atoms with van der Waals surface area (Å²) < 4.78 is 27.0. The second kappa shape index (κ2) is 12.0. The molecule has 2 aromatic rings. The first kappa shape index (κ1) is 28.9. The van der Waals surface area contributed by atoms with Crippen LogP contribution in [0.1, 0.15) is 76.5 Å². The normalized spacial score (nSPS) is 24.2. The largest absolute Gasteiger partial charge is 0.342 e. The van der Waals surface area contributed by atoms with Gasteiger partial charge in [-0.05, 0) is 100 Å². The van der Waals surface area contributed by atoms with Gasteiger partial charge in [-0.2, -0.15) is 0 Å². The Labute approximate surface area is 234 Å². The highest BCUT2D eigenvalue weighted by molar-refractivity contribution is 5.63. The zero-order chi connectivity index (χ0) is 28.2. The predicted octanol–water partition coefficient (Wildman–Crippen LogP) is 9.31. The summed E-state index contributed by atoms with van der Waals surface area (Å²) in [6.07, 6.45) is 10.6. The van der Waals surface area contributed by atoms with Gasteiger partial charge in [0.25, 0.3) is 0 Å². The minimum absolute atomic E-state index is 0.0767. The minimum atomic E-state index is -2.72. The molecule has 2 aromatic carbocycles. The number of benzene rings is 2. The fraction of sp³-hybridized carbons (Fsp3) is 0.486. The number of allylic oxidation sites excluding steroid dienone is 2.